The maximum Gasteiger partial charge on any atom is 0.342 e. The molecule has 1 N–H and O–H groups in total. The van der Waals surface area contributed by atoms with Crippen molar-refractivity contribution < 1.29 is 19.6 Å². The highest BCUT2D eigenvalue weighted by Crippen LogP contribution is 2.27. The Labute approximate surface area is 119 Å². The molecule has 108 valence electrons. The molecule has 0 amide bonds. The van der Waals surface area contributed by atoms with Crippen molar-refractivity contribution in [3.8, 4) is 11.6 Å². The number of ether oxygens (including phenoxy) is 1. The number of benzene rings is 1. The van der Waals surface area contributed by atoms with Crippen molar-refractivity contribution in [2.45, 2.75) is 13.3 Å². The van der Waals surface area contributed by atoms with Crippen molar-refractivity contribution in [2.24, 2.45) is 0 Å². The lowest BCUT2D eigenvalue weighted by atomic mass is 10.1. The van der Waals surface area contributed by atoms with Crippen molar-refractivity contribution in [2.75, 3.05) is 0 Å². The highest BCUT2D eigenvalue weighted by atomic mass is 16.6. The first kappa shape index (κ1) is 14.4. The number of nitrogens with zero attached hydrogens (tertiary/aromatic N) is 3. The van der Waals surface area contributed by atoms with Crippen LogP contribution in [-0.2, 0) is 6.42 Å². The summed E-state index contributed by atoms with van der Waals surface area (Å²) in [5.74, 6) is -1.00. The van der Waals surface area contributed by atoms with E-state index >= 15 is 0 Å². The maximum absolute atomic E-state index is 11.0. The van der Waals surface area contributed by atoms with Crippen molar-refractivity contribution in [3.63, 3.8) is 0 Å². The van der Waals surface area contributed by atoms with Gasteiger partial charge >= 0.3 is 5.97 Å². The van der Waals surface area contributed by atoms with E-state index < -0.39 is 22.1 Å². The molecule has 0 saturated carbocycles. The molecule has 1 aromatic carbocycles. The number of carboxylic acids is 1. The quantitative estimate of drug-likeness (QED) is 0.663. The number of nitro benzene ring substituents is 1. The Morgan fingerprint density at radius 2 is 2.14 bits per heavy atom. The number of hydrogen-bond acceptors (Lipinski definition) is 6. The topological polar surface area (TPSA) is 115 Å². The summed E-state index contributed by atoms with van der Waals surface area (Å²) in [4.78, 5) is 29.0. The van der Waals surface area contributed by atoms with Crippen LogP contribution in [0.15, 0.2) is 30.6 Å². The molecule has 21 heavy (non-hydrogen) atoms. The maximum atomic E-state index is 11.0. The van der Waals surface area contributed by atoms with E-state index in [0.29, 0.717) is 6.42 Å². The van der Waals surface area contributed by atoms with E-state index in [-0.39, 0.29) is 11.6 Å². The first-order chi connectivity index (χ1) is 10.0. The van der Waals surface area contributed by atoms with Crippen molar-refractivity contribution in [1.82, 2.24) is 9.97 Å². The first-order valence-electron chi connectivity index (χ1n) is 6.01. The number of aryl methyl sites for hydroxylation is 1. The zero-order chi connectivity index (χ0) is 15.4. The molecular formula is C13H11N3O5. The fraction of sp³-hybridized carbons (Fsp3) is 0.154. The molecule has 8 nitrogen and oxygen atoms in total. The van der Waals surface area contributed by atoms with Crippen LogP contribution in [-0.4, -0.2) is 26.0 Å². The van der Waals surface area contributed by atoms with Crippen LogP contribution < -0.4 is 4.74 Å². The molecule has 0 atom stereocenters. The van der Waals surface area contributed by atoms with Crippen LogP contribution in [0.25, 0.3) is 0 Å². The lowest BCUT2D eigenvalue weighted by molar-refractivity contribution is -0.385. The molecule has 8 heteroatoms. The zero-order valence-electron chi connectivity index (χ0n) is 11.0. The molecule has 0 radical (unpaired) electrons. The number of rotatable bonds is 5. The van der Waals surface area contributed by atoms with E-state index in [0.717, 1.165) is 17.8 Å². The van der Waals surface area contributed by atoms with Crippen LogP contribution in [0.3, 0.4) is 0 Å². The van der Waals surface area contributed by atoms with Gasteiger partial charge in [0, 0.05) is 23.9 Å². The molecule has 0 saturated heterocycles. The van der Waals surface area contributed by atoms with Gasteiger partial charge in [-0.05, 0) is 12.5 Å². The average molecular weight is 289 g/mol. The molecule has 0 unspecified atom stereocenters. The zero-order valence-corrected chi connectivity index (χ0v) is 11.0. The van der Waals surface area contributed by atoms with Gasteiger partial charge in [0.05, 0.1) is 4.92 Å². The number of aromatic carboxylic acids is 1. The van der Waals surface area contributed by atoms with E-state index in [1.165, 1.54) is 12.4 Å². The second-order valence-corrected chi connectivity index (χ2v) is 4.04. The Bertz CT molecular complexity index is 702. The smallest absolute Gasteiger partial charge is 0.342 e. The summed E-state index contributed by atoms with van der Waals surface area (Å²) in [6.07, 6.45) is 2.02. The van der Waals surface area contributed by atoms with Gasteiger partial charge in [-0.15, -0.1) is 0 Å². The van der Waals surface area contributed by atoms with Gasteiger partial charge in [0.25, 0.3) is 5.69 Å². The Morgan fingerprint density at radius 3 is 2.76 bits per heavy atom. The largest absolute Gasteiger partial charge is 0.477 e. The Morgan fingerprint density at radius 1 is 1.38 bits per heavy atom. The molecule has 0 aliphatic heterocycles. The normalized spacial score (nSPS) is 10.1. The lowest BCUT2D eigenvalue weighted by Gasteiger charge is -2.06. The second kappa shape index (κ2) is 5.95. The predicted molar refractivity (Wildman–Crippen MR) is 71.5 cm³/mol. The van der Waals surface area contributed by atoms with Crippen molar-refractivity contribution in [3.05, 3.63) is 52.0 Å². The van der Waals surface area contributed by atoms with Crippen LogP contribution in [0.1, 0.15) is 23.0 Å². The van der Waals surface area contributed by atoms with Crippen LogP contribution in [0, 0.1) is 10.1 Å². The Balaban J connectivity index is 2.34. The van der Waals surface area contributed by atoms with Gasteiger partial charge in [-0.1, -0.05) is 6.92 Å². The molecule has 0 aliphatic rings. The Kier molecular flexibility index (Phi) is 4.07. The molecule has 0 spiro atoms. The van der Waals surface area contributed by atoms with E-state index in [2.05, 4.69) is 9.97 Å². The summed E-state index contributed by atoms with van der Waals surface area (Å²) in [5.41, 5.74) is -0.172. The Hall–Kier alpha value is -3.03. The van der Waals surface area contributed by atoms with Gasteiger partial charge < -0.3 is 9.84 Å². The highest BCUT2D eigenvalue weighted by Gasteiger charge is 2.20. The number of carboxylic acid groups (broad SMARTS) is 1. The minimum absolute atomic E-state index is 0.152. The third-order valence-electron chi connectivity index (χ3n) is 2.68. The lowest BCUT2D eigenvalue weighted by Crippen LogP contribution is -2.03. The summed E-state index contributed by atoms with van der Waals surface area (Å²) < 4.78 is 5.41. The summed E-state index contributed by atoms with van der Waals surface area (Å²) in [7, 11) is 0. The second-order valence-electron chi connectivity index (χ2n) is 4.04. The summed E-state index contributed by atoms with van der Waals surface area (Å²) in [6.45, 7) is 1.92. The van der Waals surface area contributed by atoms with Crippen molar-refractivity contribution >= 4 is 11.7 Å². The number of nitro groups is 1. The van der Waals surface area contributed by atoms with Crippen LogP contribution in [0.4, 0.5) is 5.69 Å². The van der Waals surface area contributed by atoms with Crippen LogP contribution in [0.2, 0.25) is 0 Å². The number of hydrogen-bond donors (Lipinski definition) is 1. The van der Waals surface area contributed by atoms with Gasteiger partial charge in [-0.3, -0.25) is 10.1 Å². The molecule has 0 aliphatic carbocycles. The average Bonchev–Trinajstić information content (AvgIpc) is 2.47. The van der Waals surface area contributed by atoms with Gasteiger partial charge in [0.2, 0.25) is 5.88 Å². The summed E-state index contributed by atoms with van der Waals surface area (Å²) in [6, 6.07) is 5.11. The monoisotopic (exact) mass is 289 g/mol. The third-order valence-corrected chi connectivity index (χ3v) is 2.68. The van der Waals surface area contributed by atoms with E-state index in [1.807, 2.05) is 6.92 Å². The molecular weight excluding hydrogens is 278 g/mol. The first-order valence-corrected chi connectivity index (χ1v) is 6.01. The standard InChI is InChI=1S/C13H11N3O5/c1-2-8-5-12(15-7-14-8)21-9-3-4-11(16(19)20)10(6-9)13(17)18/h3-7H,2H2,1H3,(H,17,18). The fourth-order valence-electron chi connectivity index (χ4n) is 1.66. The van der Waals surface area contributed by atoms with Crippen LogP contribution in [0.5, 0.6) is 11.6 Å². The third kappa shape index (κ3) is 3.30. The van der Waals surface area contributed by atoms with Gasteiger partial charge in [0.15, 0.2) is 0 Å². The highest BCUT2D eigenvalue weighted by molar-refractivity contribution is 5.92. The van der Waals surface area contributed by atoms with Gasteiger partial charge in [-0.25, -0.2) is 14.8 Å². The molecule has 1 heterocycles. The molecule has 2 aromatic rings. The number of carbonyl (C=O) groups is 1. The summed E-state index contributed by atoms with van der Waals surface area (Å²) >= 11 is 0. The van der Waals surface area contributed by atoms with Crippen LogP contribution >= 0.6 is 0 Å². The number of aromatic nitrogens is 2. The molecule has 2 rings (SSSR count). The fourth-order valence-corrected chi connectivity index (χ4v) is 1.66. The van der Waals surface area contributed by atoms with E-state index in [1.54, 1.807) is 6.07 Å². The predicted octanol–water partition coefficient (Wildman–Crippen LogP) is 2.44. The minimum atomic E-state index is -1.40. The minimum Gasteiger partial charge on any atom is -0.477 e. The van der Waals surface area contributed by atoms with E-state index in [4.69, 9.17) is 9.84 Å². The summed E-state index contributed by atoms with van der Waals surface area (Å²) in [5, 5.41) is 19.8. The van der Waals surface area contributed by atoms with Crippen molar-refractivity contribution in [1.29, 1.82) is 0 Å². The SMILES string of the molecule is CCc1cc(Oc2ccc([N+](=O)[O-])c(C(=O)O)c2)ncn1. The molecule has 1 aromatic heterocycles. The van der Waals surface area contributed by atoms with Gasteiger partial charge in [0.1, 0.15) is 17.6 Å². The molecule has 0 fully saturated rings. The molecule has 0 bridgehead atoms. The van der Waals surface area contributed by atoms with Gasteiger partial charge in [-0.2, -0.15) is 0 Å². The van der Waals surface area contributed by atoms with E-state index in [9.17, 15) is 14.9 Å².